The molecule has 0 saturated carbocycles. The Morgan fingerprint density at radius 3 is 2.69 bits per heavy atom. The lowest BCUT2D eigenvalue weighted by Gasteiger charge is -2.23. The van der Waals surface area contributed by atoms with Gasteiger partial charge in [-0.1, -0.05) is 0 Å². The van der Waals surface area contributed by atoms with E-state index in [0.717, 1.165) is 41.0 Å². The average molecular weight is 220 g/mol. The van der Waals surface area contributed by atoms with Gasteiger partial charge in [0.05, 0.1) is 18.8 Å². The highest BCUT2D eigenvalue weighted by Gasteiger charge is 2.33. The Morgan fingerprint density at radius 1 is 1.19 bits per heavy atom. The maximum atomic E-state index is 10.3. The molecule has 3 rings (SSSR count). The smallest absolute Gasteiger partial charge is 0.129 e. The van der Waals surface area contributed by atoms with Crippen molar-refractivity contribution in [1.82, 2.24) is 0 Å². The Morgan fingerprint density at radius 2 is 1.94 bits per heavy atom. The lowest BCUT2D eigenvalue weighted by atomic mass is 9.89. The molecule has 0 fully saturated rings. The second kappa shape index (κ2) is 3.14. The van der Waals surface area contributed by atoms with Crippen LogP contribution in [0.5, 0.6) is 11.5 Å². The molecule has 16 heavy (non-hydrogen) atoms. The van der Waals surface area contributed by atoms with E-state index in [1.807, 2.05) is 13.8 Å². The van der Waals surface area contributed by atoms with Gasteiger partial charge in [-0.2, -0.15) is 0 Å². The van der Waals surface area contributed by atoms with Crippen LogP contribution in [0.2, 0.25) is 0 Å². The summed E-state index contributed by atoms with van der Waals surface area (Å²) in [4.78, 5) is 0. The van der Waals surface area contributed by atoms with Crippen LogP contribution in [0.3, 0.4) is 0 Å². The van der Waals surface area contributed by atoms with E-state index in [-0.39, 0.29) is 0 Å². The molecule has 0 unspecified atom stereocenters. The topological polar surface area (TPSA) is 38.7 Å². The van der Waals surface area contributed by atoms with Crippen molar-refractivity contribution in [2.24, 2.45) is 0 Å². The SMILES string of the molecule is CC(C)(O)c1c2c(cc3c1OCC3)OCC2. The molecule has 2 aliphatic rings. The van der Waals surface area contributed by atoms with Crippen molar-refractivity contribution in [2.75, 3.05) is 13.2 Å². The third-order valence-electron chi connectivity index (χ3n) is 3.26. The number of fused-ring (bicyclic) bond motifs is 2. The molecule has 3 nitrogen and oxygen atoms in total. The largest absolute Gasteiger partial charge is 0.493 e. The van der Waals surface area contributed by atoms with E-state index in [0.29, 0.717) is 13.2 Å². The van der Waals surface area contributed by atoms with Crippen LogP contribution in [0.1, 0.15) is 30.5 Å². The first-order valence-electron chi connectivity index (χ1n) is 5.74. The van der Waals surface area contributed by atoms with Crippen LogP contribution in [-0.4, -0.2) is 18.3 Å². The number of rotatable bonds is 1. The molecular formula is C13H16O3. The highest BCUT2D eigenvalue weighted by Crippen LogP contribution is 2.45. The maximum Gasteiger partial charge on any atom is 0.129 e. The monoisotopic (exact) mass is 220 g/mol. The first kappa shape index (κ1) is 9.97. The van der Waals surface area contributed by atoms with Crippen LogP contribution in [0.25, 0.3) is 0 Å². The molecule has 0 radical (unpaired) electrons. The fraction of sp³-hybridized carbons (Fsp3) is 0.538. The van der Waals surface area contributed by atoms with Gasteiger partial charge in [0.2, 0.25) is 0 Å². The molecule has 3 heteroatoms. The highest BCUT2D eigenvalue weighted by atomic mass is 16.5. The Bertz CT molecular complexity index is 411. The quantitative estimate of drug-likeness (QED) is 0.784. The van der Waals surface area contributed by atoms with Gasteiger partial charge in [0.25, 0.3) is 0 Å². The Hall–Kier alpha value is -1.22. The molecule has 0 atom stereocenters. The summed E-state index contributed by atoms with van der Waals surface area (Å²) in [5.41, 5.74) is 2.34. The van der Waals surface area contributed by atoms with Gasteiger partial charge in [-0.15, -0.1) is 0 Å². The van der Waals surface area contributed by atoms with Gasteiger partial charge in [0, 0.05) is 29.5 Å². The third-order valence-corrected chi connectivity index (χ3v) is 3.26. The number of hydrogen-bond donors (Lipinski definition) is 1. The molecular weight excluding hydrogens is 204 g/mol. The summed E-state index contributed by atoms with van der Waals surface area (Å²) in [6.45, 7) is 5.04. The molecule has 0 aliphatic carbocycles. The normalized spacial score (nSPS) is 17.7. The molecule has 0 amide bonds. The molecule has 1 aromatic rings. The summed E-state index contributed by atoms with van der Waals surface area (Å²) in [6, 6.07) is 2.07. The molecule has 0 aromatic heterocycles. The van der Waals surface area contributed by atoms with E-state index in [4.69, 9.17) is 9.47 Å². The minimum Gasteiger partial charge on any atom is -0.493 e. The van der Waals surface area contributed by atoms with E-state index in [1.54, 1.807) is 0 Å². The van der Waals surface area contributed by atoms with Crippen molar-refractivity contribution in [1.29, 1.82) is 0 Å². The van der Waals surface area contributed by atoms with E-state index in [1.165, 1.54) is 0 Å². The van der Waals surface area contributed by atoms with Crippen LogP contribution in [0, 0.1) is 0 Å². The predicted octanol–water partition coefficient (Wildman–Crippen LogP) is 1.78. The van der Waals surface area contributed by atoms with Gasteiger partial charge in [-0.25, -0.2) is 0 Å². The molecule has 0 spiro atoms. The number of ether oxygens (including phenoxy) is 2. The fourth-order valence-corrected chi connectivity index (χ4v) is 2.63. The summed E-state index contributed by atoms with van der Waals surface area (Å²) < 4.78 is 11.3. The van der Waals surface area contributed by atoms with Crippen molar-refractivity contribution < 1.29 is 14.6 Å². The van der Waals surface area contributed by atoms with E-state index >= 15 is 0 Å². The van der Waals surface area contributed by atoms with Crippen molar-refractivity contribution in [3.8, 4) is 11.5 Å². The minimum absolute atomic E-state index is 0.710. The summed E-state index contributed by atoms with van der Waals surface area (Å²) >= 11 is 0. The molecule has 0 bridgehead atoms. The summed E-state index contributed by atoms with van der Waals surface area (Å²) in [5.74, 6) is 1.82. The fourth-order valence-electron chi connectivity index (χ4n) is 2.63. The molecule has 2 heterocycles. The molecule has 0 saturated heterocycles. The van der Waals surface area contributed by atoms with Crippen molar-refractivity contribution in [3.63, 3.8) is 0 Å². The van der Waals surface area contributed by atoms with Crippen molar-refractivity contribution >= 4 is 0 Å². The van der Waals surface area contributed by atoms with Crippen molar-refractivity contribution in [2.45, 2.75) is 32.3 Å². The van der Waals surface area contributed by atoms with Crippen molar-refractivity contribution in [3.05, 3.63) is 22.8 Å². The predicted molar refractivity (Wildman–Crippen MR) is 60.1 cm³/mol. The number of benzene rings is 1. The van der Waals surface area contributed by atoms with E-state index in [9.17, 15) is 5.11 Å². The second-order valence-corrected chi connectivity index (χ2v) is 4.97. The second-order valence-electron chi connectivity index (χ2n) is 4.97. The first-order chi connectivity index (χ1) is 7.57. The standard InChI is InChI=1S/C13H16O3/c1-13(2,14)11-9-4-6-15-10(9)7-8-3-5-16-12(8)11/h7,14H,3-6H2,1-2H3. The lowest BCUT2D eigenvalue weighted by molar-refractivity contribution is 0.0747. The zero-order chi connectivity index (χ0) is 11.3. The van der Waals surface area contributed by atoms with E-state index < -0.39 is 5.60 Å². The minimum atomic E-state index is -0.868. The van der Waals surface area contributed by atoms with Crippen LogP contribution in [-0.2, 0) is 18.4 Å². The maximum absolute atomic E-state index is 10.3. The average Bonchev–Trinajstić information content (AvgIpc) is 2.77. The Labute approximate surface area is 95.0 Å². The number of aliphatic hydroxyl groups is 1. The number of hydrogen-bond acceptors (Lipinski definition) is 3. The zero-order valence-electron chi connectivity index (χ0n) is 9.67. The van der Waals surface area contributed by atoms with E-state index in [2.05, 4.69) is 6.07 Å². The van der Waals surface area contributed by atoms with Crippen LogP contribution >= 0.6 is 0 Å². The summed E-state index contributed by atoms with van der Waals surface area (Å²) in [7, 11) is 0. The van der Waals surface area contributed by atoms with Gasteiger partial charge < -0.3 is 14.6 Å². The molecule has 86 valence electrons. The van der Waals surface area contributed by atoms with Crippen LogP contribution < -0.4 is 9.47 Å². The van der Waals surface area contributed by atoms with Crippen LogP contribution in [0.4, 0.5) is 0 Å². The first-order valence-corrected chi connectivity index (χ1v) is 5.74. The Balaban J connectivity index is 2.28. The van der Waals surface area contributed by atoms with Gasteiger partial charge in [-0.3, -0.25) is 0 Å². The molecule has 1 N–H and O–H groups in total. The molecule has 2 aliphatic heterocycles. The third kappa shape index (κ3) is 1.31. The lowest BCUT2D eigenvalue weighted by Crippen LogP contribution is -2.19. The van der Waals surface area contributed by atoms with Gasteiger partial charge in [0.15, 0.2) is 0 Å². The highest BCUT2D eigenvalue weighted by molar-refractivity contribution is 5.58. The van der Waals surface area contributed by atoms with Crippen LogP contribution in [0.15, 0.2) is 6.07 Å². The van der Waals surface area contributed by atoms with Gasteiger partial charge >= 0.3 is 0 Å². The Kier molecular flexibility index (Phi) is 1.96. The molecule has 1 aromatic carbocycles. The summed E-state index contributed by atoms with van der Waals surface area (Å²) in [6.07, 6.45) is 1.78. The zero-order valence-corrected chi connectivity index (χ0v) is 9.67. The van der Waals surface area contributed by atoms with Gasteiger partial charge in [0.1, 0.15) is 11.5 Å². The van der Waals surface area contributed by atoms with Gasteiger partial charge in [-0.05, 0) is 19.9 Å². The summed E-state index contributed by atoms with van der Waals surface area (Å²) in [5, 5.41) is 10.3.